The van der Waals surface area contributed by atoms with Crippen LogP contribution in [0, 0.1) is 14.9 Å². The van der Waals surface area contributed by atoms with Crippen LogP contribution in [0.15, 0.2) is 52.4 Å². The van der Waals surface area contributed by atoms with Crippen molar-refractivity contribution in [3.63, 3.8) is 0 Å². The molecule has 0 aliphatic rings. The number of nitriles is 1. The summed E-state index contributed by atoms with van der Waals surface area (Å²) in [6.45, 7) is 0.276. The lowest BCUT2D eigenvalue weighted by molar-refractivity contribution is 0.296. The van der Waals surface area contributed by atoms with Gasteiger partial charge >= 0.3 is 0 Å². The molecular formula is C20H16IN3O3S. The standard InChI is InChI=1S/C20H16IN3O3S/c1-26-17-8-3-12(18-16(10-22)19(25)24-20(23-18)28-2)9-13(17)11-27-15-6-4-14(21)5-7-15/h3-9H,11H2,1-2H3,(H,23,24,25). The number of methoxy groups -OCH3 is 1. The fourth-order valence-electron chi connectivity index (χ4n) is 2.59. The Bertz CT molecular complexity index is 1090. The summed E-state index contributed by atoms with van der Waals surface area (Å²) in [4.78, 5) is 19.2. The minimum absolute atomic E-state index is 0.0209. The van der Waals surface area contributed by atoms with Crippen LogP contribution in [0.1, 0.15) is 11.1 Å². The van der Waals surface area contributed by atoms with Gasteiger partial charge in [0, 0.05) is 14.7 Å². The van der Waals surface area contributed by atoms with E-state index in [1.54, 1.807) is 19.2 Å². The molecule has 0 aliphatic carbocycles. The van der Waals surface area contributed by atoms with Gasteiger partial charge < -0.3 is 14.5 Å². The zero-order chi connectivity index (χ0) is 20.1. The molecule has 0 unspecified atom stereocenters. The number of hydrogen-bond donors (Lipinski definition) is 1. The molecule has 1 heterocycles. The molecule has 1 N–H and O–H groups in total. The average molecular weight is 505 g/mol. The summed E-state index contributed by atoms with van der Waals surface area (Å²) < 4.78 is 12.4. The lowest BCUT2D eigenvalue weighted by Crippen LogP contribution is -2.14. The summed E-state index contributed by atoms with van der Waals surface area (Å²) in [5, 5.41) is 9.85. The summed E-state index contributed by atoms with van der Waals surface area (Å²) in [6.07, 6.45) is 1.81. The Morgan fingerprint density at radius 1 is 1.25 bits per heavy atom. The SMILES string of the molecule is COc1ccc(-c2nc(SC)[nH]c(=O)c2C#N)cc1COc1ccc(I)cc1. The van der Waals surface area contributed by atoms with Gasteiger partial charge in [0.15, 0.2) is 5.16 Å². The number of aromatic nitrogens is 2. The Morgan fingerprint density at radius 2 is 2.00 bits per heavy atom. The van der Waals surface area contributed by atoms with E-state index in [1.165, 1.54) is 11.8 Å². The van der Waals surface area contributed by atoms with Gasteiger partial charge in [0.2, 0.25) is 0 Å². The molecule has 0 amide bonds. The third-order valence-corrected chi connectivity index (χ3v) is 5.26. The highest BCUT2D eigenvalue weighted by Gasteiger charge is 2.15. The normalized spacial score (nSPS) is 10.4. The molecule has 8 heteroatoms. The Hall–Kier alpha value is -2.51. The van der Waals surface area contributed by atoms with Crippen LogP contribution >= 0.6 is 34.4 Å². The second-order valence-electron chi connectivity index (χ2n) is 5.68. The molecule has 0 spiro atoms. The van der Waals surface area contributed by atoms with Gasteiger partial charge in [0.25, 0.3) is 5.56 Å². The van der Waals surface area contributed by atoms with E-state index < -0.39 is 5.56 Å². The molecule has 1 aromatic heterocycles. The number of H-pyrrole nitrogens is 1. The number of aromatic amines is 1. The maximum atomic E-state index is 12.2. The van der Waals surface area contributed by atoms with Crippen LogP contribution in [-0.2, 0) is 6.61 Å². The first kappa shape index (κ1) is 20.2. The molecule has 0 fully saturated rings. The summed E-state index contributed by atoms with van der Waals surface area (Å²) in [6, 6.07) is 15.1. The highest BCUT2D eigenvalue weighted by Crippen LogP contribution is 2.28. The van der Waals surface area contributed by atoms with Crippen LogP contribution in [0.25, 0.3) is 11.3 Å². The fourth-order valence-corrected chi connectivity index (χ4v) is 3.33. The van der Waals surface area contributed by atoms with Crippen LogP contribution in [0.4, 0.5) is 0 Å². The molecule has 142 valence electrons. The second-order valence-corrected chi connectivity index (χ2v) is 7.72. The Kier molecular flexibility index (Phi) is 6.59. The molecule has 0 saturated heterocycles. The van der Waals surface area contributed by atoms with E-state index in [9.17, 15) is 10.1 Å². The molecule has 2 aromatic carbocycles. The molecule has 0 saturated carbocycles. The van der Waals surface area contributed by atoms with E-state index in [1.807, 2.05) is 42.7 Å². The van der Waals surface area contributed by atoms with Crippen molar-refractivity contribution in [2.24, 2.45) is 0 Å². The van der Waals surface area contributed by atoms with Gasteiger partial charge in [-0.2, -0.15) is 5.26 Å². The monoisotopic (exact) mass is 505 g/mol. The van der Waals surface area contributed by atoms with Crippen molar-refractivity contribution in [1.29, 1.82) is 5.26 Å². The molecular weight excluding hydrogens is 489 g/mol. The summed E-state index contributed by atoms with van der Waals surface area (Å²) in [7, 11) is 1.58. The van der Waals surface area contributed by atoms with E-state index in [-0.39, 0.29) is 12.2 Å². The van der Waals surface area contributed by atoms with Gasteiger partial charge in [0.05, 0.1) is 12.8 Å². The molecule has 28 heavy (non-hydrogen) atoms. The van der Waals surface area contributed by atoms with E-state index in [4.69, 9.17) is 9.47 Å². The maximum absolute atomic E-state index is 12.2. The van der Waals surface area contributed by atoms with E-state index in [0.29, 0.717) is 22.2 Å². The Balaban J connectivity index is 1.99. The largest absolute Gasteiger partial charge is 0.496 e. The highest BCUT2D eigenvalue weighted by molar-refractivity contribution is 14.1. The van der Waals surface area contributed by atoms with Crippen molar-refractivity contribution in [2.45, 2.75) is 11.8 Å². The molecule has 6 nitrogen and oxygen atoms in total. The van der Waals surface area contributed by atoms with Crippen molar-refractivity contribution in [3.8, 4) is 28.8 Å². The van der Waals surface area contributed by atoms with Crippen molar-refractivity contribution < 1.29 is 9.47 Å². The number of thioether (sulfide) groups is 1. The molecule has 0 aliphatic heterocycles. The molecule has 3 aromatic rings. The van der Waals surface area contributed by atoms with Gasteiger partial charge in [-0.15, -0.1) is 0 Å². The van der Waals surface area contributed by atoms with E-state index in [0.717, 1.165) is 14.9 Å². The van der Waals surface area contributed by atoms with Crippen molar-refractivity contribution in [1.82, 2.24) is 9.97 Å². The topological polar surface area (TPSA) is 88.0 Å². The van der Waals surface area contributed by atoms with Gasteiger partial charge in [0.1, 0.15) is 29.7 Å². The zero-order valence-electron chi connectivity index (χ0n) is 15.2. The molecule has 0 radical (unpaired) electrons. The number of benzene rings is 2. The quantitative estimate of drug-likeness (QED) is 0.307. The minimum Gasteiger partial charge on any atom is -0.496 e. The predicted octanol–water partition coefficient (Wildman–Crippen LogP) is 4.22. The van der Waals surface area contributed by atoms with Gasteiger partial charge in [-0.25, -0.2) is 4.98 Å². The predicted molar refractivity (Wildman–Crippen MR) is 117 cm³/mol. The van der Waals surface area contributed by atoms with Crippen molar-refractivity contribution in [3.05, 3.63) is 67.5 Å². The van der Waals surface area contributed by atoms with E-state index in [2.05, 4.69) is 32.6 Å². The number of hydrogen-bond acceptors (Lipinski definition) is 6. The third-order valence-electron chi connectivity index (χ3n) is 3.96. The Morgan fingerprint density at radius 3 is 2.64 bits per heavy atom. The number of rotatable bonds is 6. The van der Waals surface area contributed by atoms with Gasteiger partial charge in [-0.05, 0) is 71.3 Å². The highest BCUT2D eigenvalue weighted by atomic mass is 127. The lowest BCUT2D eigenvalue weighted by Gasteiger charge is -2.13. The Labute approximate surface area is 180 Å². The number of ether oxygens (including phenoxy) is 2. The first-order valence-corrected chi connectivity index (χ1v) is 10.5. The third kappa shape index (κ3) is 4.48. The first-order chi connectivity index (χ1) is 13.5. The van der Waals surface area contributed by atoms with Gasteiger partial charge in [-0.1, -0.05) is 11.8 Å². The number of nitrogens with zero attached hydrogens (tertiary/aromatic N) is 2. The smallest absolute Gasteiger partial charge is 0.270 e. The van der Waals surface area contributed by atoms with Crippen molar-refractivity contribution >= 4 is 34.4 Å². The van der Waals surface area contributed by atoms with Crippen LogP contribution in [0.2, 0.25) is 0 Å². The average Bonchev–Trinajstić information content (AvgIpc) is 2.72. The fraction of sp³-hybridized carbons (Fsp3) is 0.150. The summed E-state index contributed by atoms with van der Waals surface area (Å²) in [5.41, 5.74) is 1.31. The molecule has 3 rings (SSSR count). The number of halogens is 1. The van der Waals surface area contributed by atoms with Crippen LogP contribution < -0.4 is 15.0 Å². The zero-order valence-corrected chi connectivity index (χ0v) is 18.1. The van der Waals surface area contributed by atoms with Crippen molar-refractivity contribution in [2.75, 3.05) is 13.4 Å². The van der Waals surface area contributed by atoms with Gasteiger partial charge in [-0.3, -0.25) is 4.79 Å². The van der Waals surface area contributed by atoms with Crippen LogP contribution in [0.5, 0.6) is 11.5 Å². The second kappa shape index (κ2) is 9.12. The molecule has 0 atom stereocenters. The maximum Gasteiger partial charge on any atom is 0.270 e. The first-order valence-electron chi connectivity index (χ1n) is 8.19. The van der Waals surface area contributed by atoms with E-state index >= 15 is 0 Å². The summed E-state index contributed by atoms with van der Waals surface area (Å²) >= 11 is 3.54. The number of nitrogens with one attached hydrogen (secondary N) is 1. The summed E-state index contributed by atoms with van der Waals surface area (Å²) in [5.74, 6) is 1.40. The van der Waals surface area contributed by atoms with Crippen LogP contribution in [-0.4, -0.2) is 23.3 Å². The molecule has 0 bridgehead atoms. The lowest BCUT2D eigenvalue weighted by atomic mass is 10.0. The minimum atomic E-state index is -0.454. The van der Waals surface area contributed by atoms with Crippen LogP contribution in [0.3, 0.4) is 0 Å².